The van der Waals surface area contributed by atoms with Crippen LogP contribution in [0.4, 0.5) is 4.79 Å². The molecule has 1 saturated carbocycles. The standard InChI is InChI=1S/C27H40N4O5S/c1-25(2,3)34-17-19(30(7)24(33)36-26(4,5)6)22(32)35-20-10-8-9-13-27(20,23(28)37)18-11-12-21-29-14-15-31(21)16-18/h11-12,14-16,19-20H,8-10,13,17H2,1-7H3,(H2,28,37)/t19-,20?,27?/m0/s1. The van der Waals surface area contributed by atoms with Crippen molar-refractivity contribution in [3.63, 3.8) is 0 Å². The second-order valence-electron chi connectivity index (χ2n) is 11.6. The quantitative estimate of drug-likeness (QED) is 0.413. The van der Waals surface area contributed by atoms with E-state index in [1.807, 2.05) is 49.7 Å². The Morgan fingerprint density at radius 1 is 1.22 bits per heavy atom. The minimum atomic E-state index is -1.02. The molecule has 2 N–H and O–H groups in total. The number of ether oxygens (including phenoxy) is 3. The Morgan fingerprint density at radius 2 is 1.92 bits per heavy atom. The number of esters is 1. The van der Waals surface area contributed by atoms with Crippen LogP contribution in [0.25, 0.3) is 5.65 Å². The summed E-state index contributed by atoms with van der Waals surface area (Å²) in [4.78, 5) is 32.4. The Balaban J connectivity index is 1.93. The van der Waals surface area contributed by atoms with E-state index in [2.05, 4.69) is 4.98 Å². The van der Waals surface area contributed by atoms with Gasteiger partial charge in [-0.3, -0.25) is 4.90 Å². The molecule has 3 atom stereocenters. The Bertz CT molecular complexity index is 1140. The second-order valence-corrected chi connectivity index (χ2v) is 12.1. The first kappa shape index (κ1) is 28.8. The van der Waals surface area contributed by atoms with E-state index in [4.69, 9.17) is 32.2 Å². The molecule has 0 aliphatic heterocycles. The second kappa shape index (κ2) is 10.9. The van der Waals surface area contributed by atoms with Crippen molar-refractivity contribution in [3.8, 4) is 0 Å². The topological polar surface area (TPSA) is 108 Å². The van der Waals surface area contributed by atoms with Gasteiger partial charge in [0, 0.05) is 25.6 Å². The van der Waals surface area contributed by atoms with Gasteiger partial charge in [-0.15, -0.1) is 0 Å². The van der Waals surface area contributed by atoms with Crippen LogP contribution in [0.15, 0.2) is 30.7 Å². The summed E-state index contributed by atoms with van der Waals surface area (Å²) in [5, 5.41) is 0. The first-order valence-corrected chi connectivity index (χ1v) is 13.1. The summed E-state index contributed by atoms with van der Waals surface area (Å²) in [7, 11) is 1.51. The SMILES string of the molecule is CN(C(=O)OC(C)(C)C)[C@@H](COC(C)(C)C)C(=O)OC1CCCCC1(C(N)=S)c1ccc2nccn2c1. The normalized spacial score (nSPS) is 21.3. The first-order valence-electron chi connectivity index (χ1n) is 12.7. The van der Waals surface area contributed by atoms with E-state index < -0.39 is 40.8 Å². The van der Waals surface area contributed by atoms with Gasteiger partial charge in [-0.05, 0) is 72.4 Å². The highest BCUT2D eigenvalue weighted by Crippen LogP contribution is 2.42. The molecular formula is C27H40N4O5S. The minimum Gasteiger partial charge on any atom is -0.459 e. The van der Waals surface area contributed by atoms with E-state index in [0.717, 1.165) is 24.1 Å². The number of carbonyl (C=O) groups excluding carboxylic acids is 2. The molecule has 0 aromatic carbocycles. The maximum absolute atomic E-state index is 13.7. The largest absolute Gasteiger partial charge is 0.459 e. The van der Waals surface area contributed by atoms with Gasteiger partial charge in [-0.1, -0.05) is 24.7 Å². The van der Waals surface area contributed by atoms with Gasteiger partial charge in [0.15, 0.2) is 6.04 Å². The lowest BCUT2D eigenvalue weighted by molar-refractivity contribution is -0.163. The number of thiocarbonyl (C=S) groups is 1. The van der Waals surface area contributed by atoms with E-state index in [1.54, 1.807) is 27.0 Å². The molecule has 0 saturated heterocycles. The zero-order valence-corrected chi connectivity index (χ0v) is 23.8. The fourth-order valence-corrected chi connectivity index (χ4v) is 4.94. The Labute approximate surface area is 224 Å². The Hall–Kier alpha value is -2.72. The van der Waals surface area contributed by atoms with Crippen molar-refractivity contribution in [1.82, 2.24) is 14.3 Å². The predicted molar refractivity (Wildman–Crippen MR) is 145 cm³/mol. The highest BCUT2D eigenvalue weighted by Gasteiger charge is 2.48. The molecule has 9 nitrogen and oxygen atoms in total. The van der Waals surface area contributed by atoms with Crippen LogP contribution in [0.2, 0.25) is 0 Å². The lowest BCUT2D eigenvalue weighted by Crippen LogP contribution is -2.55. The lowest BCUT2D eigenvalue weighted by atomic mass is 9.67. The van der Waals surface area contributed by atoms with E-state index in [0.29, 0.717) is 12.8 Å². The number of rotatable bonds is 7. The number of hydrogen-bond acceptors (Lipinski definition) is 7. The average Bonchev–Trinajstić information content (AvgIpc) is 3.25. The van der Waals surface area contributed by atoms with Gasteiger partial charge in [0.05, 0.1) is 22.6 Å². The van der Waals surface area contributed by atoms with Gasteiger partial charge < -0.3 is 24.3 Å². The van der Waals surface area contributed by atoms with Crippen molar-refractivity contribution < 1.29 is 23.8 Å². The van der Waals surface area contributed by atoms with Gasteiger partial charge in [0.25, 0.3) is 0 Å². The fraction of sp³-hybridized carbons (Fsp3) is 0.630. The highest BCUT2D eigenvalue weighted by atomic mass is 32.1. The molecule has 1 aliphatic carbocycles. The molecule has 204 valence electrons. The molecule has 0 spiro atoms. The molecule has 0 bridgehead atoms. The lowest BCUT2D eigenvalue weighted by Gasteiger charge is -2.43. The summed E-state index contributed by atoms with van der Waals surface area (Å²) in [5.74, 6) is -0.589. The van der Waals surface area contributed by atoms with E-state index in [9.17, 15) is 9.59 Å². The van der Waals surface area contributed by atoms with Gasteiger partial charge in [-0.2, -0.15) is 0 Å². The van der Waals surface area contributed by atoms with Crippen molar-refractivity contribution in [2.75, 3.05) is 13.7 Å². The summed E-state index contributed by atoms with van der Waals surface area (Å²) >= 11 is 5.61. The third-order valence-electron chi connectivity index (χ3n) is 6.53. The van der Waals surface area contributed by atoms with Gasteiger partial charge in [-0.25, -0.2) is 14.6 Å². The van der Waals surface area contributed by atoms with Crippen LogP contribution in [0.5, 0.6) is 0 Å². The van der Waals surface area contributed by atoms with E-state index >= 15 is 0 Å². The average molecular weight is 533 g/mol. The molecule has 37 heavy (non-hydrogen) atoms. The van der Waals surface area contributed by atoms with Crippen LogP contribution < -0.4 is 5.73 Å². The smallest absolute Gasteiger partial charge is 0.410 e. The highest BCUT2D eigenvalue weighted by molar-refractivity contribution is 7.80. The fourth-order valence-electron chi connectivity index (χ4n) is 4.59. The third-order valence-corrected chi connectivity index (χ3v) is 6.90. The third kappa shape index (κ3) is 6.78. The number of nitrogens with zero attached hydrogens (tertiary/aromatic N) is 3. The number of likely N-dealkylation sites (N-methyl/N-ethyl adjacent to an activating group) is 1. The van der Waals surface area contributed by atoms with Crippen molar-refractivity contribution in [2.45, 2.75) is 96.0 Å². The van der Waals surface area contributed by atoms with Crippen molar-refractivity contribution in [1.29, 1.82) is 0 Å². The molecule has 10 heteroatoms. The summed E-state index contributed by atoms with van der Waals surface area (Å²) in [6, 6.07) is 2.83. The summed E-state index contributed by atoms with van der Waals surface area (Å²) in [5.41, 5.74) is 5.96. The van der Waals surface area contributed by atoms with Crippen LogP contribution >= 0.6 is 12.2 Å². The molecule has 3 rings (SSSR count). The molecule has 2 aromatic rings. The maximum Gasteiger partial charge on any atom is 0.410 e. The van der Waals surface area contributed by atoms with Gasteiger partial charge in [0.1, 0.15) is 17.4 Å². The van der Waals surface area contributed by atoms with Gasteiger partial charge in [0.2, 0.25) is 0 Å². The van der Waals surface area contributed by atoms with Crippen LogP contribution in [0.1, 0.15) is 72.8 Å². The van der Waals surface area contributed by atoms with Crippen LogP contribution in [-0.4, -0.2) is 68.3 Å². The number of amides is 1. The van der Waals surface area contributed by atoms with E-state index in [-0.39, 0.29) is 11.6 Å². The maximum atomic E-state index is 13.7. The molecule has 2 aromatic heterocycles. The number of aromatic nitrogens is 2. The summed E-state index contributed by atoms with van der Waals surface area (Å²) < 4.78 is 19.5. The van der Waals surface area contributed by atoms with Crippen LogP contribution in [0.3, 0.4) is 0 Å². The summed E-state index contributed by atoms with van der Waals surface area (Å²) in [6.45, 7) is 10.9. The molecule has 2 unspecified atom stereocenters. The number of imidazole rings is 1. The molecule has 1 fully saturated rings. The number of pyridine rings is 1. The van der Waals surface area contributed by atoms with E-state index in [1.165, 1.54) is 11.9 Å². The molecule has 1 amide bonds. The summed E-state index contributed by atoms with van der Waals surface area (Å²) in [6.07, 6.45) is 7.27. The van der Waals surface area contributed by atoms with Crippen LogP contribution in [-0.2, 0) is 24.4 Å². The van der Waals surface area contributed by atoms with Crippen molar-refractivity contribution in [3.05, 3.63) is 36.3 Å². The molecular weight excluding hydrogens is 492 g/mol. The number of hydrogen-bond donors (Lipinski definition) is 1. The Morgan fingerprint density at radius 3 is 2.54 bits per heavy atom. The van der Waals surface area contributed by atoms with Crippen molar-refractivity contribution >= 4 is 34.9 Å². The Kier molecular flexibility index (Phi) is 8.54. The van der Waals surface area contributed by atoms with Crippen molar-refractivity contribution in [2.24, 2.45) is 5.73 Å². The number of fused-ring (bicyclic) bond motifs is 1. The predicted octanol–water partition coefficient (Wildman–Crippen LogP) is 4.39. The number of carbonyl (C=O) groups is 2. The molecule has 2 heterocycles. The number of nitrogens with two attached hydrogens (primary N) is 1. The van der Waals surface area contributed by atoms with Crippen LogP contribution in [0, 0.1) is 0 Å². The monoisotopic (exact) mass is 532 g/mol. The zero-order chi connectivity index (χ0) is 27.6. The first-order chi connectivity index (χ1) is 17.1. The zero-order valence-electron chi connectivity index (χ0n) is 22.9. The van der Waals surface area contributed by atoms with Gasteiger partial charge >= 0.3 is 12.1 Å². The molecule has 0 radical (unpaired) electrons. The molecule has 1 aliphatic rings. The minimum absolute atomic E-state index is 0.0497.